The van der Waals surface area contributed by atoms with Crippen molar-refractivity contribution in [2.45, 2.75) is 44.9 Å². The number of rotatable bonds is 11. The molecule has 1 heterocycles. The van der Waals surface area contributed by atoms with E-state index < -0.39 is 0 Å². The number of hydrogen-bond donors (Lipinski definition) is 2. The Kier molecular flexibility index (Phi) is 9.08. The maximum atomic E-state index is 12.6. The Balaban J connectivity index is 1.61. The predicted octanol–water partition coefficient (Wildman–Crippen LogP) is 4.24. The molecule has 0 saturated carbocycles. The van der Waals surface area contributed by atoms with Crippen LogP contribution in [0.3, 0.4) is 0 Å². The lowest BCUT2D eigenvalue weighted by Gasteiger charge is -2.15. The third kappa shape index (κ3) is 7.45. The van der Waals surface area contributed by atoms with E-state index >= 15 is 0 Å². The summed E-state index contributed by atoms with van der Waals surface area (Å²) in [6.45, 7) is 10.1. The zero-order valence-corrected chi connectivity index (χ0v) is 21.3. The van der Waals surface area contributed by atoms with Gasteiger partial charge in [-0.05, 0) is 61.7 Å². The highest BCUT2D eigenvalue weighted by Crippen LogP contribution is 2.22. The molecule has 0 bridgehead atoms. The molecule has 35 heavy (non-hydrogen) atoms. The lowest BCUT2D eigenvalue weighted by atomic mass is 10.1. The van der Waals surface area contributed by atoms with Crippen molar-refractivity contribution in [1.82, 2.24) is 20.1 Å². The van der Waals surface area contributed by atoms with E-state index in [9.17, 15) is 9.59 Å². The molecule has 184 valence electrons. The molecule has 0 aliphatic heterocycles. The van der Waals surface area contributed by atoms with Crippen LogP contribution in [0.2, 0.25) is 0 Å². The van der Waals surface area contributed by atoms with Gasteiger partial charge in [-0.2, -0.15) is 0 Å². The molecular weight excluding hydrogens is 462 g/mol. The average Bonchev–Trinajstić information content (AvgIpc) is 3.20. The minimum absolute atomic E-state index is 0.127. The molecule has 8 nitrogen and oxygen atoms in total. The monoisotopic (exact) mass is 493 g/mol. The number of nitrogens with one attached hydrogen (secondary N) is 2. The minimum atomic E-state index is -0.369. The third-order valence-electron chi connectivity index (χ3n) is 5.18. The smallest absolute Gasteiger partial charge is 0.234 e. The number of ether oxygens (including phenoxy) is 1. The SMILES string of the molecule is C=CCn1c(SCC(=O)Nc2cc(C)cc(C)c2)nnc1C(C)NC(=O)Cc1ccc(OC)cc1. The van der Waals surface area contributed by atoms with E-state index in [4.69, 9.17) is 4.74 Å². The van der Waals surface area contributed by atoms with Gasteiger partial charge in [0.15, 0.2) is 11.0 Å². The van der Waals surface area contributed by atoms with Crippen molar-refractivity contribution >= 4 is 29.3 Å². The fourth-order valence-electron chi connectivity index (χ4n) is 3.69. The van der Waals surface area contributed by atoms with E-state index in [1.807, 2.05) is 61.7 Å². The van der Waals surface area contributed by atoms with Gasteiger partial charge < -0.3 is 19.9 Å². The molecule has 2 N–H and O–H groups in total. The van der Waals surface area contributed by atoms with Gasteiger partial charge in [-0.15, -0.1) is 16.8 Å². The van der Waals surface area contributed by atoms with Crippen LogP contribution in [0.25, 0.3) is 0 Å². The van der Waals surface area contributed by atoms with Gasteiger partial charge >= 0.3 is 0 Å². The molecule has 3 rings (SSSR count). The average molecular weight is 494 g/mol. The zero-order valence-electron chi connectivity index (χ0n) is 20.5. The number of allylic oxidation sites excluding steroid dienone is 1. The van der Waals surface area contributed by atoms with Gasteiger partial charge in [0.05, 0.1) is 25.3 Å². The largest absolute Gasteiger partial charge is 0.497 e. The predicted molar refractivity (Wildman–Crippen MR) is 139 cm³/mol. The third-order valence-corrected chi connectivity index (χ3v) is 6.15. The van der Waals surface area contributed by atoms with Crippen molar-refractivity contribution in [1.29, 1.82) is 0 Å². The number of thioether (sulfide) groups is 1. The Morgan fingerprint density at radius 1 is 1.11 bits per heavy atom. The Hall–Kier alpha value is -3.59. The number of amides is 2. The number of nitrogens with zero attached hydrogens (tertiary/aromatic N) is 3. The first kappa shape index (κ1) is 26.0. The van der Waals surface area contributed by atoms with E-state index in [0.29, 0.717) is 17.5 Å². The maximum Gasteiger partial charge on any atom is 0.234 e. The fraction of sp³-hybridized carbons (Fsp3) is 0.308. The summed E-state index contributed by atoms with van der Waals surface area (Å²) in [6.07, 6.45) is 1.97. The molecular formula is C26H31N5O3S. The number of benzene rings is 2. The van der Waals surface area contributed by atoms with Crippen LogP contribution in [-0.2, 0) is 22.6 Å². The Labute approximate surface area is 210 Å². The highest BCUT2D eigenvalue weighted by molar-refractivity contribution is 7.99. The van der Waals surface area contributed by atoms with Crippen LogP contribution in [0.5, 0.6) is 5.75 Å². The van der Waals surface area contributed by atoms with Gasteiger partial charge in [0.1, 0.15) is 5.75 Å². The molecule has 2 amide bonds. The molecule has 1 atom stereocenters. The van der Waals surface area contributed by atoms with Crippen LogP contribution in [-0.4, -0.2) is 39.4 Å². The Morgan fingerprint density at radius 3 is 2.43 bits per heavy atom. The molecule has 1 unspecified atom stereocenters. The lowest BCUT2D eigenvalue weighted by molar-refractivity contribution is -0.121. The van der Waals surface area contributed by atoms with Crippen LogP contribution in [0, 0.1) is 13.8 Å². The van der Waals surface area contributed by atoms with Gasteiger partial charge in [0.2, 0.25) is 11.8 Å². The molecule has 3 aromatic rings. The van der Waals surface area contributed by atoms with Crippen LogP contribution >= 0.6 is 11.8 Å². The number of hydrogen-bond acceptors (Lipinski definition) is 6. The second kappa shape index (κ2) is 12.2. The number of aryl methyl sites for hydroxylation is 2. The molecule has 0 aliphatic rings. The molecule has 1 aromatic heterocycles. The molecule has 2 aromatic carbocycles. The van der Waals surface area contributed by atoms with Crippen molar-refractivity contribution in [3.05, 3.63) is 77.6 Å². The van der Waals surface area contributed by atoms with Crippen molar-refractivity contribution in [2.75, 3.05) is 18.2 Å². The minimum Gasteiger partial charge on any atom is -0.497 e. The van der Waals surface area contributed by atoms with Crippen molar-refractivity contribution in [2.24, 2.45) is 0 Å². The molecule has 0 radical (unpaired) electrons. The van der Waals surface area contributed by atoms with E-state index in [2.05, 4.69) is 33.5 Å². The molecule has 0 fully saturated rings. The van der Waals surface area contributed by atoms with Gasteiger partial charge in [-0.1, -0.05) is 36.0 Å². The number of carbonyl (C=O) groups is 2. The highest BCUT2D eigenvalue weighted by atomic mass is 32.2. The second-order valence-electron chi connectivity index (χ2n) is 8.27. The van der Waals surface area contributed by atoms with Crippen molar-refractivity contribution < 1.29 is 14.3 Å². The number of anilines is 1. The van der Waals surface area contributed by atoms with Gasteiger partial charge in [0.25, 0.3) is 0 Å². The molecule has 0 aliphatic carbocycles. The van der Waals surface area contributed by atoms with Crippen LogP contribution in [0.1, 0.15) is 35.5 Å². The summed E-state index contributed by atoms with van der Waals surface area (Å²) in [5.41, 5.74) is 3.83. The second-order valence-corrected chi connectivity index (χ2v) is 9.21. The maximum absolute atomic E-state index is 12.6. The Morgan fingerprint density at radius 2 is 1.80 bits per heavy atom. The first-order chi connectivity index (χ1) is 16.8. The summed E-state index contributed by atoms with van der Waals surface area (Å²) in [6, 6.07) is 12.9. The fourth-order valence-corrected chi connectivity index (χ4v) is 4.44. The quantitative estimate of drug-likeness (QED) is 0.306. The van der Waals surface area contributed by atoms with Crippen LogP contribution < -0.4 is 15.4 Å². The van der Waals surface area contributed by atoms with Crippen LogP contribution in [0.15, 0.2) is 60.3 Å². The van der Waals surface area contributed by atoms with Gasteiger partial charge in [-0.3, -0.25) is 9.59 Å². The Bertz CT molecular complexity index is 1170. The van der Waals surface area contributed by atoms with Crippen molar-refractivity contribution in [3.63, 3.8) is 0 Å². The number of methoxy groups -OCH3 is 1. The van der Waals surface area contributed by atoms with Crippen molar-refractivity contribution in [3.8, 4) is 5.75 Å². The summed E-state index contributed by atoms with van der Waals surface area (Å²) in [5, 5.41) is 15.0. The number of aromatic nitrogens is 3. The van der Waals surface area contributed by atoms with Gasteiger partial charge in [0, 0.05) is 12.2 Å². The summed E-state index contributed by atoms with van der Waals surface area (Å²) in [5.74, 6) is 1.27. The lowest BCUT2D eigenvalue weighted by Crippen LogP contribution is -2.30. The summed E-state index contributed by atoms with van der Waals surface area (Å²) >= 11 is 1.29. The molecule has 9 heteroatoms. The molecule has 0 saturated heterocycles. The summed E-state index contributed by atoms with van der Waals surface area (Å²) < 4.78 is 7.02. The van der Waals surface area contributed by atoms with Gasteiger partial charge in [-0.25, -0.2) is 0 Å². The summed E-state index contributed by atoms with van der Waals surface area (Å²) in [4.78, 5) is 25.1. The van der Waals surface area contributed by atoms with E-state index in [1.165, 1.54) is 11.8 Å². The topological polar surface area (TPSA) is 98.1 Å². The van der Waals surface area contributed by atoms with E-state index in [-0.39, 0.29) is 30.0 Å². The highest BCUT2D eigenvalue weighted by Gasteiger charge is 2.20. The first-order valence-electron chi connectivity index (χ1n) is 11.3. The van der Waals surface area contributed by atoms with E-state index in [0.717, 1.165) is 28.1 Å². The first-order valence-corrected chi connectivity index (χ1v) is 12.2. The normalized spacial score (nSPS) is 11.5. The summed E-state index contributed by atoms with van der Waals surface area (Å²) in [7, 11) is 1.60. The zero-order chi connectivity index (χ0) is 25.4. The standard InChI is InChI=1S/C26H31N5O3S/c1-6-11-31-25(19(4)27-23(32)15-20-7-9-22(34-5)10-8-20)29-30-26(31)35-16-24(33)28-21-13-17(2)12-18(3)14-21/h6-10,12-14,19H,1,11,15-16H2,2-5H3,(H,27,32)(H,28,33). The van der Waals surface area contributed by atoms with E-state index in [1.54, 1.807) is 13.2 Å². The number of carbonyl (C=O) groups excluding carboxylic acids is 2. The molecule has 0 spiro atoms. The van der Waals surface area contributed by atoms with Crippen LogP contribution in [0.4, 0.5) is 5.69 Å².